The summed E-state index contributed by atoms with van der Waals surface area (Å²) in [5.41, 5.74) is 1.85. The lowest BCUT2D eigenvalue weighted by Gasteiger charge is -2.10. The molecule has 1 fully saturated rings. The molecule has 3 nitrogen and oxygen atoms in total. The highest BCUT2D eigenvalue weighted by molar-refractivity contribution is 7.13. The fourth-order valence-electron chi connectivity index (χ4n) is 0.897. The fourth-order valence-corrected chi connectivity index (χ4v) is 1.80. The fraction of sp³-hybridized carbons (Fsp3) is 0.667. The molecule has 0 bridgehead atoms. The van der Waals surface area contributed by atoms with Gasteiger partial charge in [-0.05, 0) is 12.8 Å². The van der Waals surface area contributed by atoms with Crippen molar-refractivity contribution < 1.29 is 0 Å². The molecule has 0 aromatic carbocycles. The first-order valence-corrected chi connectivity index (χ1v) is 4.86. The van der Waals surface area contributed by atoms with Crippen LogP contribution in [-0.2, 0) is 0 Å². The van der Waals surface area contributed by atoms with Gasteiger partial charge >= 0.3 is 0 Å². The number of hydrogen-bond donors (Lipinski definition) is 1. The average Bonchev–Trinajstić information content (AvgIpc) is 2.59. The lowest BCUT2D eigenvalue weighted by Crippen LogP contribution is -2.22. The first-order chi connectivity index (χ1) is 5.35. The summed E-state index contributed by atoms with van der Waals surface area (Å²) in [6.45, 7) is 0. The molecule has 1 aliphatic rings. The van der Waals surface area contributed by atoms with Gasteiger partial charge in [-0.2, -0.15) is 0 Å². The molecule has 2 rings (SSSR count). The van der Waals surface area contributed by atoms with Crippen LogP contribution < -0.4 is 5.32 Å². The minimum atomic E-state index is 0.140. The van der Waals surface area contributed by atoms with Crippen molar-refractivity contribution in [2.75, 3.05) is 11.2 Å². The van der Waals surface area contributed by atoms with Crippen LogP contribution in [0, 0.1) is 0 Å². The number of nitrogens with one attached hydrogen (secondary N) is 1. The van der Waals surface area contributed by atoms with Gasteiger partial charge in [-0.3, -0.25) is 0 Å². The van der Waals surface area contributed by atoms with Crippen LogP contribution in [0.2, 0.25) is 0 Å². The standard InChI is InChI=1S/C6H8ClN3S/c7-3-6(1-2-6)9-5-10-8-4-11-5/h4H,1-3H2,(H,9,10). The number of hydrogen-bond acceptors (Lipinski definition) is 4. The number of anilines is 1. The Labute approximate surface area is 73.8 Å². The van der Waals surface area contributed by atoms with Gasteiger partial charge in [0.15, 0.2) is 0 Å². The molecule has 1 saturated carbocycles. The summed E-state index contributed by atoms with van der Waals surface area (Å²) in [5, 5.41) is 11.8. The lowest BCUT2D eigenvalue weighted by atomic mass is 10.3. The molecule has 0 atom stereocenters. The highest BCUT2D eigenvalue weighted by Gasteiger charge is 2.42. The molecule has 1 aliphatic carbocycles. The zero-order valence-corrected chi connectivity index (χ0v) is 7.45. The van der Waals surface area contributed by atoms with Crippen LogP contribution in [-0.4, -0.2) is 21.6 Å². The summed E-state index contributed by atoms with van der Waals surface area (Å²) in [6, 6.07) is 0. The molecular formula is C6H8ClN3S. The van der Waals surface area contributed by atoms with E-state index in [0.29, 0.717) is 5.88 Å². The average molecular weight is 190 g/mol. The van der Waals surface area contributed by atoms with Crippen molar-refractivity contribution in [3.63, 3.8) is 0 Å². The third-order valence-corrected chi connectivity index (χ3v) is 2.96. The molecule has 0 radical (unpaired) electrons. The van der Waals surface area contributed by atoms with Gasteiger partial charge in [-0.25, -0.2) is 0 Å². The first-order valence-electron chi connectivity index (χ1n) is 3.45. The molecule has 1 aromatic rings. The Morgan fingerprint density at radius 1 is 1.73 bits per heavy atom. The van der Waals surface area contributed by atoms with Crippen molar-refractivity contribution >= 4 is 28.1 Å². The molecule has 0 spiro atoms. The second-order valence-corrected chi connectivity index (χ2v) is 3.88. The van der Waals surface area contributed by atoms with Crippen LogP contribution in [0.5, 0.6) is 0 Å². The van der Waals surface area contributed by atoms with Gasteiger partial charge in [0.05, 0.1) is 5.54 Å². The minimum Gasteiger partial charge on any atom is -0.353 e. The number of aromatic nitrogens is 2. The molecule has 11 heavy (non-hydrogen) atoms. The Morgan fingerprint density at radius 3 is 3.00 bits per heavy atom. The normalized spacial score (nSPS) is 19.7. The molecule has 0 unspecified atom stereocenters. The molecule has 0 saturated heterocycles. The molecule has 0 aliphatic heterocycles. The topological polar surface area (TPSA) is 37.8 Å². The van der Waals surface area contributed by atoms with Gasteiger partial charge in [0.25, 0.3) is 0 Å². The second-order valence-electron chi connectivity index (χ2n) is 2.78. The second kappa shape index (κ2) is 2.60. The zero-order valence-electron chi connectivity index (χ0n) is 5.88. The highest BCUT2D eigenvalue weighted by Crippen LogP contribution is 2.39. The van der Waals surface area contributed by atoms with Crippen molar-refractivity contribution in [2.24, 2.45) is 0 Å². The number of alkyl halides is 1. The van der Waals surface area contributed by atoms with E-state index in [1.54, 1.807) is 5.51 Å². The van der Waals surface area contributed by atoms with E-state index < -0.39 is 0 Å². The molecular weight excluding hydrogens is 182 g/mol. The predicted molar refractivity (Wildman–Crippen MR) is 46.2 cm³/mol. The summed E-state index contributed by atoms with van der Waals surface area (Å²) in [7, 11) is 0. The Balaban J connectivity index is 2.01. The van der Waals surface area contributed by atoms with Gasteiger partial charge in [0.2, 0.25) is 5.13 Å². The van der Waals surface area contributed by atoms with Crippen molar-refractivity contribution in [3.05, 3.63) is 5.51 Å². The maximum Gasteiger partial charge on any atom is 0.205 e. The highest BCUT2D eigenvalue weighted by atomic mass is 35.5. The number of halogens is 1. The van der Waals surface area contributed by atoms with Crippen LogP contribution in [0.25, 0.3) is 0 Å². The van der Waals surface area contributed by atoms with E-state index in [9.17, 15) is 0 Å². The molecule has 1 N–H and O–H groups in total. The van der Waals surface area contributed by atoms with Crippen molar-refractivity contribution in [3.8, 4) is 0 Å². The third-order valence-electron chi connectivity index (χ3n) is 1.84. The van der Waals surface area contributed by atoms with E-state index in [4.69, 9.17) is 11.6 Å². The van der Waals surface area contributed by atoms with Crippen molar-refractivity contribution in [2.45, 2.75) is 18.4 Å². The van der Waals surface area contributed by atoms with Gasteiger partial charge in [0, 0.05) is 5.88 Å². The Bertz CT molecular complexity index is 232. The largest absolute Gasteiger partial charge is 0.353 e. The Morgan fingerprint density at radius 2 is 2.55 bits per heavy atom. The van der Waals surface area contributed by atoms with Crippen LogP contribution in [0.1, 0.15) is 12.8 Å². The maximum atomic E-state index is 5.77. The van der Waals surface area contributed by atoms with E-state index in [-0.39, 0.29) is 5.54 Å². The van der Waals surface area contributed by atoms with Crippen LogP contribution >= 0.6 is 22.9 Å². The summed E-state index contributed by atoms with van der Waals surface area (Å²) in [4.78, 5) is 0. The summed E-state index contributed by atoms with van der Waals surface area (Å²) >= 11 is 7.28. The third kappa shape index (κ3) is 1.46. The van der Waals surface area contributed by atoms with Crippen molar-refractivity contribution in [1.82, 2.24) is 10.2 Å². The summed E-state index contributed by atoms with van der Waals surface area (Å²) in [6.07, 6.45) is 2.30. The van der Waals surface area contributed by atoms with Crippen LogP contribution in [0.15, 0.2) is 5.51 Å². The van der Waals surface area contributed by atoms with Crippen molar-refractivity contribution in [1.29, 1.82) is 0 Å². The molecule has 1 aromatic heterocycles. The number of rotatable bonds is 3. The maximum absolute atomic E-state index is 5.77. The quantitative estimate of drug-likeness (QED) is 0.736. The Kier molecular flexibility index (Phi) is 1.73. The molecule has 0 amide bonds. The summed E-state index contributed by atoms with van der Waals surface area (Å²) < 4.78 is 0. The van der Waals surface area contributed by atoms with Gasteiger partial charge in [-0.15, -0.1) is 21.8 Å². The lowest BCUT2D eigenvalue weighted by molar-refractivity contribution is 0.830. The van der Waals surface area contributed by atoms with Gasteiger partial charge in [-0.1, -0.05) is 11.3 Å². The van der Waals surface area contributed by atoms with E-state index in [1.165, 1.54) is 11.3 Å². The predicted octanol–water partition coefficient (Wildman–Crippen LogP) is 1.72. The smallest absolute Gasteiger partial charge is 0.205 e. The van der Waals surface area contributed by atoms with E-state index >= 15 is 0 Å². The minimum absolute atomic E-state index is 0.140. The van der Waals surface area contributed by atoms with E-state index in [0.717, 1.165) is 18.0 Å². The van der Waals surface area contributed by atoms with Gasteiger partial charge < -0.3 is 5.32 Å². The first kappa shape index (κ1) is 7.31. The monoisotopic (exact) mass is 189 g/mol. The molecule has 60 valence electrons. The number of nitrogens with zero attached hydrogens (tertiary/aromatic N) is 2. The summed E-state index contributed by atoms with van der Waals surface area (Å²) in [5.74, 6) is 0.659. The van der Waals surface area contributed by atoms with E-state index in [2.05, 4.69) is 15.5 Å². The van der Waals surface area contributed by atoms with E-state index in [1.807, 2.05) is 0 Å². The SMILES string of the molecule is ClCC1(Nc2nncs2)CC1. The van der Waals surface area contributed by atoms with Crippen LogP contribution in [0.3, 0.4) is 0 Å². The Hall–Kier alpha value is -0.350. The zero-order chi connectivity index (χ0) is 7.73. The molecule has 5 heteroatoms. The van der Waals surface area contributed by atoms with Crippen LogP contribution in [0.4, 0.5) is 5.13 Å². The molecule has 1 heterocycles. The van der Waals surface area contributed by atoms with Gasteiger partial charge in [0.1, 0.15) is 5.51 Å².